The molecule has 5 fully saturated rings. The number of piperazine rings is 2. The minimum absolute atomic E-state index is 0.177. The molecule has 0 radical (unpaired) electrons. The Morgan fingerprint density at radius 2 is 0.747 bits per heavy atom. The number of aryl methyl sites for hydroxylation is 3. The first-order valence-electron chi connectivity index (χ1n) is 31.1. The molecule has 2 N–H and O–H groups in total. The van der Waals surface area contributed by atoms with E-state index in [-0.39, 0.29) is 39.7 Å². The van der Waals surface area contributed by atoms with Gasteiger partial charge in [0.25, 0.3) is 16.7 Å². The number of hydrogen-bond acceptors (Lipinski definition) is 15. The van der Waals surface area contributed by atoms with E-state index >= 15 is 0 Å². The van der Waals surface area contributed by atoms with Crippen LogP contribution in [0.4, 0.5) is 30.2 Å². The number of rotatable bonds is 6. The van der Waals surface area contributed by atoms with Crippen LogP contribution in [0.3, 0.4) is 0 Å². The first-order chi connectivity index (χ1) is 44.1. The fourth-order valence-electron chi connectivity index (χ4n) is 13.8. The van der Waals surface area contributed by atoms with E-state index < -0.39 is 17.5 Å². The molecule has 0 aromatic carbocycles. The third-order valence-electron chi connectivity index (χ3n) is 18.5. The third kappa shape index (κ3) is 11.2. The van der Waals surface area contributed by atoms with Crippen molar-refractivity contribution >= 4 is 50.9 Å². The number of aromatic nitrogens is 12. The fraction of sp³-hybridized carbons (Fsp3) is 0.328. The Balaban J connectivity index is 0.000000114. The van der Waals surface area contributed by atoms with Crippen LogP contribution < -0.4 is 37.1 Å². The summed E-state index contributed by atoms with van der Waals surface area (Å²) in [5.41, 5.74) is 16.0. The topological polar surface area (TPSA) is 197 Å². The zero-order chi connectivity index (χ0) is 62.3. The average Bonchev–Trinajstić information content (AvgIpc) is 1.34. The Morgan fingerprint density at radius 3 is 1.11 bits per heavy atom. The number of halogens is 3. The van der Waals surface area contributed by atoms with Crippen LogP contribution in [0.15, 0.2) is 143 Å². The zero-order valence-electron chi connectivity index (χ0n) is 50.7. The lowest BCUT2D eigenvalue weighted by Gasteiger charge is -2.38. The summed E-state index contributed by atoms with van der Waals surface area (Å²) in [6.45, 7) is 15.6. The highest BCUT2D eigenvalue weighted by Crippen LogP contribution is 2.30. The van der Waals surface area contributed by atoms with Gasteiger partial charge >= 0.3 is 0 Å². The molecule has 17 heterocycles. The van der Waals surface area contributed by atoms with Crippen molar-refractivity contribution < 1.29 is 13.2 Å². The van der Waals surface area contributed by atoms with Crippen LogP contribution in [0.2, 0.25) is 0 Å². The molecule has 91 heavy (non-hydrogen) atoms. The predicted molar refractivity (Wildman–Crippen MR) is 344 cm³/mol. The highest BCUT2D eigenvalue weighted by atomic mass is 19.1. The quantitative estimate of drug-likeness (QED) is 0.169. The fourth-order valence-corrected chi connectivity index (χ4v) is 13.8. The SMILES string of the molecule is Cc1cn2cc(-c3cc(=O)n4cc(N5CCC(N)CC5)ccc4n3)cc(F)c2n1.Cc1cn2cc(-c3cc(=O)n4cc(N5CCN6CCC[C@@H]6C5)ccc4n3)cc(F)c2n1.Cc1cn2cc(-c3cc(=O)n4cc(N5CCN6CCC[C@H]6C5)ccc4n3)cc(F)c2n1. The Bertz CT molecular complexity index is 4810. The van der Waals surface area contributed by atoms with E-state index in [1.807, 2.05) is 68.8 Å². The van der Waals surface area contributed by atoms with Crippen LogP contribution in [-0.2, 0) is 0 Å². The van der Waals surface area contributed by atoms with E-state index in [0.29, 0.717) is 62.8 Å². The van der Waals surface area contributed by atoms with E-state index in [4.69, 9.17) is 5.73 Å². The van der Waals surface area contributed by atoms with E-state index in [2.05, 4.69) is 54.4 Å². The number of nitrogens with two attached hydrogens (primary N) is 1. The average molecular weight is 1230 g/mol. The van der Waals surface area contributed by atoms with Gasteiger partial charge in [-0.3, -0.25) is 37.4 Å². The van der Waals surface area contributed by atoms with Crippen LogP contribution in [0.25, 0.3) is 67.7 Å². The summed E-state index contributed by atoms with van der Waals surface area (Å²) in [7, 11) is 0. The number of pyridine rings is 6. The van der Waals surface area contributed by atoms with Gasteiger partial charge in [0.05, 0.1) is 51.2 Å². The van der Waals surface area contributed by atoms with Gasteiger partial charge < -0.3 is 33.6 Å². The van der Waals surface area contributed by atoms with E-state index in [1.165, 1.54) is 79.6 Å². The molecule has 464 valence electrons. The Labute approximate surface area is 519 Å². The van der Waals surface area contributed by atoms with Crippen LogP contribution in [0, 0.1) is 38.2 Å². The first kappa shape index (κ1) is 57.6. The number of nitrogens with zero attached hydrogens (tertiary/aromatic N) is 17. The standard InChI is InChI=1S/2C23H23FN6O.C21H21FN6O/c2*1-15-11-29-12-16(9-19(24)23(29)25-15)20-10-22(31)30-14-18(4-5-21(30)26-20)28-8-7-27-6-2-3-17(27)13-28;1-13-10-27-11-14(8-17(22)21(27)24-13)18-9-20(29)28-12-16(2-3-19(28)25-18)26-6-4-15(23)5-7-26/h2*4-5,9-12,14,17H,2-3,6-8,13H2,1H3;2-3,8-12,15H,4-7,23H2,1H3/t2*17-;/m10./s1. The van der Waals surface area contributed by atoms with Crippen LogP contribution in [0.1, 0.15) is 55.6 Å². The molecule has 0 unspecified atom stereocenters. The highest BCUT2D eigenvalue weighted by molar-refractivity contribution is 5.68. The molecular formula is C67H67F3N18O3. The van der Waals surface area contributed by atoms with Gasteiger partial charge in [-0.05, 0) is 127 Å². The third-order valence-corrected chi connectivity index (χ3v) is 18.5. The normalized spacial score (nSPS) is 18.2. The summed E-state index contributed by atoms with van der Waals surface area (Å²) in [4.78, 5) is 77.1. The molecular weight excluding hydrogens is 1160 g/mol. The summed E-state index contributed by atoms with van der Waals surface area (Å²) in [6, 6.07) is 21.6. The predicted octanol–water partition coefficient (Wildman–Crippen LogP) is 7.87. The van der Waals surface area contributed by atoms with Crippen molar-refractivity contribution in [3.05, 3.63) is 194 Å². The van der Waals surface area contributed by atoms with Gasteiger partial charge in [0.1, 0.15) is 16.9 Å². The van der Waals surface area contributed by atoms with E-state index in [0.717, 1.165) is 99.3 Å². The molecule has 12 aromatic rings. The number of imidazole rings is 3. The van der Waals surface area contributed by atoms with Crippen LogP contribution >= 0.6 is 0 Å². The summed E-state index contributed by atoms with van der Waals surface area (Å²) in [5, 5.41) is 0. The van der Waals surface area contributed by atoms with Gasteiger partial charge in [-0.15, -0.1) is 0 Å². The Hall–Kier alpha value is -9.78. The van der Waals surface area contributed by atoms with Gasteiger partial charge in [0.15, 0.2) is 34.4 Å². The zero-order valence-corrected chi connectivity index (χ0v) is 50.7. The van der Waals surface area contributed by atoms with Crippen molar-refractivity contribution in [2.24, 2.45) is 5.73 Å². The number of fused-ring (bicyclic) bond motifs is 8. The minimum atomic E-state index is -0.448. The lowest BCUT2D eigenvalue weighted by molar-refractivity contribution is 0.231. The second kappa shape index (κ2) is 23.2. The number of hydrogen-bond donors (Lipinski definition) is 1. The highest BCUT2D eigenvalue weighted by Gasteiger charge is 2.32. The number of anilines is 3. The molecule has 2 atom stereocenters. The molecule has 0 bridgehead atoms. The molecule has 0 spiro atoms. The van der Waals surface area contributed by atoms with Crippen molar-refractivity contribution in [2.45, 2.75) is 77.4 Å². The Kier molecular flexibility index (Phi) is 14.7. The monoisotopic (exact) mass is 1230 g/mol. The summed E-state index contributed by atoms with van der Waals surface area (Å²) in [6.07, 6.45) is 23.0. The molecule has 5 aliphatic heterocycles. The number of piperidine rings is 1. The van der Waals surface area contributed by atoms with Gasteiger partial charge in [-0.25, -0.2) is 43.1 Å². The molecule has 5 saturated heterocycles. The molecule has 0 amide bonds. The van der Waals surface area contributed by atoms with Crippen molar-refractivity contribution in [2.75, 3.05) is 80.1 Å². The van der Waals surface area contributed by atoms with E-state index in [1.54, 1.807) is 66.1 Å². The summed E-state index contributed by atoms with van der Waals surface area (Å²) < 4.78 is 53.0. The van der Waals surface area contributed by atoms with Crippen molar-refractivity contribution in [1.82, 2.24) is 66.1 Å². The lowest BCUT2D eigenvalue weighted by Crippen LogP contribution is -2.50. The van der Waals surface area contributed by atoms with Crippen molar-refractivity contribution in [3.8, 4) is 33.8 Å². The second-order valence-corrected chi connectivity index (χ2v) is 24.7. The van der Waals surface area contributed by atoms with Gasteiger partial charge in [-0.1, -0.05) is 0 Å². The molecule has 0 saturated carbocycles. The van der Waals surface area contributed by atoms with Gasteiger partial charge in [0, 0.05) is 161 Å². The first-order valence-corrected chi connectivity index (χ1v) is 31.1. The maximum absolute atomic E-state index is 14.5. The van der Waals surface area contributed by atoms with Crippen molar-refractivity contribution in [1.29, 1.82) is 0 Å². The molecule has 24 heteroatoms. The van der Waals surface area contributed by atoms with E-state index in [9.17, 15) is 27.6 Å². The maximum atomic E-state index is 14.5. The Morgan fingerprint density at radius 1 is 0.396 bits per heavy atom. The van der Waals surface area contributed by atoms with Gasteiger partial charge in [-0.2, -0.15) is 0 Å². The summed E-state index contributed by atoms with van der Waals surface area (Å²) >= 11 is 0. The van der Waals surface area contributed by atoms with Crippen LogP contribution in [0.5, 0.6) is 0 Å². The second-order valence-electron chi connectivity index (χ2n) is 24.7. The summed E-state index contributed by atoms with van der Waals surface area (Å²) in [5.74, 6) is -1.32. The van der Waals surface area contributed by atoms with Gasteiger partial charge in [0.2, 0.25) is 0 Å². The molecule has 17 rings (SSSR count). The molecule has 12 aromatic heterocycles. The minimum Gasteiger partial charge on any atom is -0.370 e. The molecule has 0 aliphatic carbocycles. The lowest BCUT2D eigenvalue weighted by atomic mass is 10.1. The maximum Gasteiger partial charge on any atom is 0.258 e. The largest absolute Gasteiger partial charge is 0.370 e. The molecule has 21 nitrogen and oxygen atoms in total. The van der Waals surface area contributed by atoms with Crippen molar-refractivity contribution in [3.63, 3.8) is 0 Å². The molecule has 5 aliphatic rings. The smallest absolute Gasteiger partial charge is 0.258 e. The van der Waals surface area contributed by atoms with Crippen LogP contribution in [-0.4, -0.2) is 150 Å².